The Morgan fingerprint density at radius 2 is 1.89 bits per heavy atom. The number of carbonyl (C=O) groups is 2. The van der Waals surface area contributed by atoms with Gasteiger partial charge in [-0.05, 0) is 30.4 Å². The summed E-state index contributed by atoms with van der Waals surface area (Å²) in [6.45, 7) is 3.84. The van der Waals surface area contributed by atoms with Gasteiger partial charge in [-0.1, -0.05) is 24.3 Å². The number of rotatable bonds is 6. The lowest BCUT2D eigenvalue weighted by Gasteiger charge is -2.13. The molecule has 0 unspecified atom stereocenters. The maximum absolute atomic E-state index is 12.2. The molecule has 2 rings (SSSR count). The largest absolute Gasteiger partial charge is 0.349 e. The molecule has 0 fully saturated rings. The maximum atomic E-state index is 12.2. The van der Waals surface area contributed by atoms with Gasteiger partial charge in [-0.2, -0.15) is 0 Å². The lowest BCUT2D eigenvalue weighted by Crippen LogP contribution is -2.35. The van der Waals surface area contributed by atoms with Gasteiger partial charge >= 0.3 is 0 Å². The van der Waals surface area contributed by atoms with Gasteiger partial charge in [0.05, 0.1) is 16.2 Å². The number of anilines is 1. The van der Waals surface area contributed by atoms with Crippen LogP contribution in [0.5, 0.6) is 0 Å². The summed E-state index contributed by atoms with van der Waals surface area (Å²) in [5, 5.41) is 18.6. The van der Waals surface area contributed by atoms with E-state index in [9.17, 15) is 19.7 Å². The molecule has 0 heterocycles. The SMILES string of the molecule is C=CCNC(=O)c1ccccc1NC(=S)NC(=O)c1cccc([N+](=O)[O-])c1. The second-order valence-corrected chi connectivity index (χ2v) is 5.67. The fourth-order valence-corrected chi connectivity index (χ4v) is 2.34. The topological polar surface area (TPSA) is 113 Å². The third-order valence-electron chi connectivity index (χ3n) is 3.37. The number of nitrogens with zero attached hydrogens (tertiary/aromatic N) is 1. The molecular formula is C18H16N4O4S. The summed E-state index contributed by atoms with van der Waals surface area (Å²) >= 11 is 5.11. The molecule has 27 heavy (non-hydrogen) atoms. The molecule has 138 valence electrons. The van der Waals surface area contributed by atoms with Crippen LogP contribution in [0.2, 0.25) is 0 Å². The minimum Gasteiger partial charge on any atom is -0.349 e. The summed E-state index contributed by atoms with van der Waals surface area (Å²) < 4.78 is 0. The standard InChI is InChI=1S/C18H16N4O4S/c1-2-10-19-17(24)14-8-3-4-9-15(14)20-18(27)21-16(23)12-6-5-7-13(11-12)22(25)26/h2-9,11H,1,10H2,(H,19,24)(H2,20,21,23,27). The Bertz CT molecular complexity index is 914. The van der Waals surface area contributed by atoms with E-state index in [0.717, 1.165) is 6.07 Å². The van der Waals surface area contributed by atoms with Crippen LogP contribution in [0, 0.1) is 10.1 Å². The molecule has 0 aliphatic rings. The highest BCUT2D eigenvalue weighted by Gasteiger charge is 2.15. The first-order valence-corrected chi connectivity index (χ1v) is 8.18. The first kappa shape index (κ1) is 19.7. The molecule has 0 bridgehead atoms. The molecule has 0 radical (unpaired) electrons. The molecule has 0 spiro atoms. The van der Waals surface area contributed by atoms with Crippen molar-refractivity contribution in [2.45, 2.75) is 0 Å². The number of hydrogen-bond donors (Lipinski definition) is 3. The smallest absolute Gasteiger partial charge is 0.270 e. The van der Waals surface area contributed by atoms with Gasteiger partial charge in [0.1, 0.15) is 0 Å². The Morgan fingerprint density at radius 1 is 1.15 bits per heavy atom. The number of thiocarbonyl (C=S) groups is 1. The molecule has 8 nitrogen and oxygen atoms in total. The minimum absolute atomic E-state index is 0.0459. The summed E-state index contributed by atoms with van der Waals surface area (Å²) in [6, 6.07) is 11.9. The van der Waals surface area contributed by atoms with Crippen LogP contribution in [0.15, 0.2) is 61.2 Å². The normalized spacial score (nSPS) is 9.78. The van der Waals surface area contributed by atoms with Crippen LogP contribution < -0.4 is 16.0 Å². The van der Waals surface area contributed by atoms with Crippen molar-refractivity contribution in [3.63, 3.8) is 0 Å². The zero-order valence-electron chi connectivity index (χ0n) is 14.1. The molecule has 2 aromatic carbocycles. The molecule has 0 aromatic heterocycles. The Labute approximate surface area is 160 Å². The van der Waals surface area contributed by atoms with Gasteiger partial charge in [0.15, 0.2) is 5.11 Å². The van der Waals surface area contributed by atoms with Gasteiger partial charge in [0.2, 0.25) is 0 Å². The highest BCUT2D eigenvalue weighted by molar-refractivity contribution is 7.80. The van der Waals surface area contributed by atoms with Crippen molar-refractivity contribution in [1.82, 2.24) is 10.6 Å². The van der Waals surface area contributed by atoms with Gasteiger partial charge in [-0.3, -0.25) is 25.0 Å². The molecular weight excluding hydrogens is 368 g/mol. The number of para-hydroxylation sites is 1. The van der Waals surface area contributed by atoms with Crippen LogP contribution in [0.25, 0.3) is 0 Å². The van der Waals surface area contributed by atoms with Gasteiger partial charge in [0.25, 0.3) is 17.5 Å². The van der Waals surface area contributed by atoms with Gasteiger partial charge in [-0.25, -0.2) is 0 Å². The summed E-state index contributed by atoms with van der Waals surface area (Å²) in [6.07, 6.45) is 1.55. The summed E-state index contributed by atoms with van der Waals surface area (Å²) in [4.78, 5) is 34.6. The van der Waals surface area contributed by atoms with Crippen LogP contribution in [0.3, 0.4) is 0 Å². The highest BCUT2D eigenvalue weighted by Crippen LogP contribution is 2.16. The second kappa shape index (κ2) is 9.20. The molecule has 0 aliphatic heterocycles. The Morgan fingerprint density at radius 3 is 2.59 bits per heavy atom. The van der Waals surface area contributed by atoms with Gasteiger partial charge < -0.3 is 10.6 Å². The molecule has 0 saturated carbocycles. The number of benzene rings is 2. The first-order chi connectivity index (χ1) is 12.9. The first-order valence-electron chi connectivity index (χ1n) is 7.77. The van der Waals surface area contributed by atoms with Gasteiger partial charge in [-0.15, -0.1) is 6.58 Å². The Kier molecular flexibility index (Phi) is 6.73. The third-order valence-corrected chi connectivity index (χ3v) is 3.58. The monoisotopic (exact) mass is 384 g/mol. The molecule has 9 heteroatoms. The van der Waals surface area contributed by atoms with E-state index in [1.165, 1.54) is 18.2 Å². The van der Waals surface area contributed by atoms with Crippen LogP contribution >= 0.6 is 12.2 Å². The third kappa shape index (κ3) is 5.44. The van der Waals surface area contributed by atoms with Crippen LogP contribution in [-0.4, -0.2) is 28.4 Å². The van der Waals surface area contributed by atoms with E-state index >= 15 is 0 Å². The highest BCUT2D eigenvalue weighted by atomic mass is 32.1. The van der Waals surface area contributed by atoms with Crippen molar-refractivity contribution in [2.75, 3.05) is 11.9 Å². The number of nitro benzene ring substituents is 1. The second-order valence-electron chi connectivity index (χ2n) is 5.26. The molecule has 2 aromatic rings. The van der Waals surface area contributed by atoms with Crippen molar-refractivity contribution in [2.24, 2.45) is 0 Å². The average Bonchev–Trinajstić information content (AvgIpc) is 2.66. The molecule has 3 N–H and O–H groups in total. The zero-order chi connectivity index (χ0) is 19.8. The van der Waals surface area contributed by atoms with E-state index in [2.05, 4.69) is 22.5 Å². The summed E-state index contributed by atoms with van der Waals surface area (Å²) in [5.74, 6) is -0.935. The molecule has 2 amide bonds. The van der Waals surface area contributed by atoms with E-state index in [0.29, 0.717) is 17.8 Å². The predicted octanol–water partition coefficient (Wildman–Crippen LogP) is 2.64. The van der Waals surface area contributed by atoms with E-state index in [1.54, 1.807) is 30.3 Å². The lowest BCUT2D eigenvalue weighted by molar-refractivity contribution is -0.384. The number of carbonyl (C=O) groups excluding carboxylic acids is 2. The Balaban J connectivity index is 2.09. The molecule has 0 atom stereocenters. The van der Waals surface area contributed by atoms with E-state index in [-0.39, 0.29) is 22.3 Å². The number of amides is 2. The molecule has 0 saturated heterocycles. The number of nitro groups is 1. The number of nitrogens with one attached hydrogen (secondary N) is 3. The van der Waals surface area contributed by atoms with Crippen LogP contribution in [0.4, 0.5) is 11.4 Å². The van der Waals surface area contributed by atoms with Crippen molar-refractivity contribution in [3.05, 3.63) is 82.4 Å². The lowest BCUT2D eigenvalue weighted by atomic mass is 10.1. The van der Waals surface area contributed by atoms with E-state index < -0.39 is 10.8 Å². The average molecular weight is 384 g/mol. The van der Waals surface area contributed by atoms with Gasteiger partial charge in [0, 0.05) is 24.2 Å². The number of non-ortho nitro benzene ring substituents is 1. The summed E-state index contributed by atoms with van der Waals surface area (Å²) in [5.41, 5.74) is 0.630. The van der Waals surface area contributed by atoms with E-state index in [1.807, 2.05) is 0 Å². The van der Waals surface area contributed by atoms with Crippen LogP contribution in [0.1, 0.15) is 20.7 Å². The van der Waals surface area contributed by atoms with Crippen molar-refractivity contribution >= 4 is 40.5 Å². The number of hydrogen-bond acceptors (Lipinski definition) is 5. The van der Waals surface area contributed by atoms with Crippen molar-refractivity contribution in [1.29, 1.82) is 0 Å². The maximum Gasteiger partial charge on any atom is 0.270 e. The quantitative estimate of drug-likeness (QED) is 0.305. The summed E-state index contributed by atoms with van der Waals surface area (Å²) in [7, 11) is 0. The van der Waals surface area contributed by atoms with Crippen LogP contribution in [-0.2, 0) is 0 Å². The van der Waals surface area contributed by atoms with Crippen molar-refractivity contribution < 1.29 is 14.5 Å². The fourth-order valence-electron chi connectivity index (χ4n) is 2.14. The predicted molar refractivity (Wildman–Crippen MR) is 106 cm³/mol. The minimum atomic E-state index is -0.607. The Hall–Kier alpha value is -3.59. The van der Waals surface area contributed by atoms with E-state index in [4.69, 9.17) is 12.2 Å². The zero-order valence-corrected chi connectivity index (χ0v) is 14.9. The molecule has 0 aliphatic carbocycles. The van der Waals surface area contributed by atoms with Crippen molar-refractivity contribution in [3.8, 4) is 0 Å². The fraction of sp³-hybridized carbons (Fsp3) is 0.0556.